The molecular weight excluding hydrogens is 217 g/mol. The van der Waals surface area contributed by atoms with E-state index in [1.165, 1.54) is 0 Å². The highest BCUT2D eigenvalue weighted by atomic mass is 32.1. The predicted octanol–water partition coefficient (Wildman–Crippen LogP) is 2.26. The van der Waals surface area contributed by atoms with Gasteiger partial charge in [-0.2, -0.15) is 22.0 Å². The Hall–Kier alpha value is -0.590. The lowest BCUT2D eigenvalue weighted by molar-refractivity contribution is -0.390. The molecule has 8 heteroatoms. The average Bonchev–Trinajstić information content (AvgIpc) is 1.96. The van der Waals surface area contributed by atoms with Crippen molar-refractivity contribution in [2.75, 3.05) is 13.2 Å². The minimum Gasteiger partial charge on any atom is -0.311 e. The summed E-state index contributed by atoms with van der Waals surface area (Å²) in [6.07, 6.45) is -10.8. The van der Waals surface area contributed by atoms with Gasteiger partial charge >= 0.3 is 12.3 Å². The van der Waals surface area contributed by atoms with Crippen molar-refractivity contribution in [3.8, 4) is 0 Å². The molecule has 0 fully saturated rings. The summed E-state index contributed by atoms with van der Waals surface area (Å²) >= 11 is 4.05. The maximum atomic E-state index is 11.9. The third kappa shape index (κ3) is 4.25. The van der Waals surface area contributed by atoms with Crippen molar-refractivity contribution in [2.45, 2.75) is 12.3 Å². The van der Waals surface area contributed by atoms with Crippen LogP contribution in [0.15, 0.2) is 4.99 Å². The Bertz CT molecular complexity index is 209. The highest BCUT2D eigenvalue weighted by molar-refractivity contribution is 7.78. The quantitative estimate of drug-likeness (QED) is 0.314. The van der Waals surface area contributed by atoms with Crippen molar-refractivity contribution in [2.24, 2.45) is 4.99 Å². The SMILES string of the molecule is FC(F)(F)C(F)(F)OCCN=C=S. The van der Waals surface area contributed by atoms with E-state index in [2.05, 4.69) is 21.9 Å². The molecule has 0 saturated heterocycles. The van der Waals surface area contributed by atoms with Gasteiger partial charge in [0.25, 0.3) is 0 Å². The van der Waals surface area contributed by atoms with Crippen molar-refractivity contribution in [1.82, 2.24) is 0 Å². The first-order chi connectivity index (χ1) is 5.81. The van der Waals surface area contributed by atoms with E-state index in [1.54, 1.807) is 5.16 Å². The van der Waals surface area contributed by atoms with Crippen LogP contribution in [-0.4, -0.2) is 30.6 Å². The Morgan fingerprint density at radius 1 is 1.23 bits per heavy atom. The van der Waals surface area contributed by atoms with Gasteiger partial charge in [-0.15, -0.1) is 0 Å². The van der Waals surface area contributed by atoms with Gasteiger partial charge in [-0.1, -0.05) is 0 Å². The molecule has 76 valence electrons. The Kier molecular flexibility index (Phi) is 4.38. The molecule has 0 unspecified atom stereocenters. The number of nitrogens with zero attached hydrogens (tertiary/aromatic N) is 1. The molecule has 0 aromatic rings. The minimum atomic E-state index is -5.70. The normalized spacial score (nSPS) is 12.4. The third-order valence-electron chi connectivity index (χ3n) is 0.881. The second kappa shape index (κ2) is 4.59. The average molecular weight is 221 g/mol. The number of thiocarbonyl (C=S) groups is 1. The van der Waals surface area contributed by atoms with E-state index >= 15 is 0 Å². The van der Waals surface area contributed by atoms with Crippen LogP contribution in [0.2, 0.25) is 0 Å². The molecule has 2 nitrogen and oxygen atoms in total. The maximum absolute atomic E-state index is 11.9. The number of halogens is 5. The van der Waals surface area contributed by atoms with E-state index in [1.807, 2.05) is 0 Å². The molecule has 0 saturated carbocycles. The van der Waals surface area contributed by atoms with Crippen LogP contribution in [0.1, 0.15) is 0 Å². The molecule has 0 aromatic heterocycles. The van der Waals surface area contributed by atoms with Crippen LogP contribution >= 0.6 is 12.2 Å². The smallest absolute Gasteiger partial charge is 0.311 e. The number of alkyl halides is 5. The maximum Gasteiger partial charge on any atom is 0.482 e. The lowest BCUT2D eigenvalue weighted by Crippen LogP contribution is -2.39. The molecule has 0 N–H and O–H groups in total. The summed E-state index contributed by atoms with van der Waals surface area (Å²) in [5, 5.41) is 1.79. The zero-order chi connectivity index (χ0) is 10.5. The molecule has 0 aromatic carbocycles. The Morgan fingerprint density at radius 2 is 1.77 bits per heavy atom. The van der Waals surface area contributed by atoms with Crippen LogP contribution in [0.3, 0.4) is 0 Å². The van der Waals surface area contributed by atoms with Gasteiger partial charge in [-0.05, 0) is 12.2 Å². The zero-order valence-electron chi connectivity index (χ0n) is 6.07. The standard InChI is InChI=1S/C5H4F5NOS/c6-4(7,8)5(9,10)12-2-1-11-3-13/h1-2H2. The molecule has 0 aliphatic heterocycles. The molecule has 0 rings (SSSR count). The van der Waals surface area contributed by atoms with Crippen LogP contribution in [0.4, 0.5) is 22.0 Å². The summed E-state index contributed by atoms with van der Waals surface area (Å²) in [6, 6.07) is 0. The van der Waals surface area contributed by atoms with Crippen LogP contribution < -0.4 is 0 Å². The summed E-state index contributed by atoms with van der Waals surface area (Å²) < 4.78 is 61.3. The molecule has 0 atom stereocenters. The first kappa shape index (κ1) is 12.4. The fourth-order valence-electron chi connectivity index (χ4n) is 0.347. The van der Waals surface area contributed by atoms with E-state index in [0.29, 0.717) is 0 Å². The fourth-order valence-corrected chi connectivity index (χ4v) is 0.438. The van der Waals surface area contributed by atoms with Gasteiger partial charge < -0.3 is 4.74 Å². The van der Waals surface area contributed by atoms with Crippen LogP contribution in [0, 0.1) is 0 Å². The molecule has 0 aliphatic rings. The van der Waals surface area contributed by atoms with E-state index in [-0.39, 0.29) is 6.54 Å². The highest BCUT2D eigenvalue weighted by Gasteiger charge is 2.59. The van der Waals surface area contributed by atoms with Gasteiger partial charge in [0.05, 0.1) is 18.3 Å². The van der Waals surface area contributed by atoms with Gasteiger partial charge in [0.2, 0.25) is 0 Å². The second-order valence-corrected chi connectivity index (χ2v) is 2.02. The van der Waals surface area contributed by atoms with Crippen molar-refractivity contribution >= 4 is 17.4 Å². The lowest BCUT2D eigenvalue weighted by atomic mass is 10.6. The summed E-state index contributed by atoms with van der Waals surface area (Å²) in [7, 11) is 0. The molecular formula is C5H4F5NOS. The highest BCUT2D eigenvalue weighted by Crippen LogP contribution is 2.35. The van der Waals surface area contributed by atoms with E-state index < -0.39 is 18.9 Å². The van der Waals surface area contributed by atoms with E-state index in [4.69, 9.17) is 0 Å². The van der Waals surface area contributed by atoms with Gasteiger partial charge in [-0.3, -0.25) is 0 Å². The molecule has 0 heterocycles. The van der Waals surface area contributed by atoms with E-state index in [9.17, 15) is 22.0 Å². The molecule has 0 radical (unpaired) electrons. The zero-order valence-corrected chi connectivity index (χ0v) is 6.88. The van der Waals surface area contributed by atoms with Crippen molar-refractivity contribution in [3.63, 3.8) is 0 Å². The van der Waals surface area contributed by atoms with Gasteiger partial charge in [0.1, 0.15) is 0 Å². The second-order valence-electron chi connectivity index (χ2n) is 1.84. The van der Waals surface area contributed by atoms with Crippen molar-refractivity contribution in [3.05, 3.63) is 0 Å². The Balaban J connectivity index is 3.96. The third-order valence-corrected chi connectivity index (χ3v) is 1.01. The van der Waals surface area contributed by atoms with Crippen LogP contribution in [-0.2, 0) is 4.74 Å². The monoisotopic (exact) mass is 221 g/mol. The number of hydrogen-bond donors (Lipinski definition) is 0. The number of ether oxygens (including phenoxy) is 1. The minimum absolute atomic E-state index is 0.380. The van der Waals surface area contributed by atoms with Crippen LogP contribution in [0.25, 0.3) is 0 Å². The Labute approximate surface area is 75.4 Å². The van der Waals surface area contributed by atoms with Gasteiger partial charge in [0.15, 0.2) is 0 Å². The van der Waals surface area contributed by atoms with Crippen molar-refractivity contribution in [1.29, 1.82) is 0 Å². The molecule has 13 heavy (non-hydrogen) atoms. The number of aliphatic imine (C=N–C) groups is 1. The van der Waals surface area contributed by atoms with Crippen LogP contribution in [0.5, 0.6) is 0 Å². The lowest BCUT2D eigenvalue weighted by Gasteiger charge is -2.18. The Morgan fingerprint density at radius 3 is 2.15 bits per heavy atom. The molecule has 0 spiro atoms. The number of hydrogen-bond acceptors (Lipinski definition) is 3. The predicted molar refractivity (Wildman–Crippen MR) is 36.8 cm³/mol. The summed E-state index contributed by atoms with van der Waals surface area (Å²) in [4.78, 5) is 3.10. The van der Waals surface area contributed by atoms with Crippen molar-refractivity contribution < 1.29 is 26.7 Å². The molecule has 0 amide bonds. The van der Waals surface area contributed by atoms with Gasteiger partial charge in [-0.25, -0.2) is 4.99 Å². The first-order valence-electron chi connectivity index (χ1n) is 2.93. The number of isothiocyanates is 1. The number of rotatable bonds is 4. The summed E-state index contributed by atoms with van der Waals surface area (Å²) in [5.41, 5.74) is 0. The molecule has 0 bridgehead atoms. The van der Waals surface area contributed by atoms with Gasteiger partial charge in [0, 0.05) is 0 Å². The summed E-state index contributed by atoms with van der Waals surface area (Å²) in [6.45, 7) is -1.24. The summed E-state index contributed by atoms with van der Waals surface area (Å²) in [5.74, 6) is 0. The largest absolute Gasteiger partial charge is 0.482 e. The first-order valence-corrected chi connectivity index (χ1v) is 3.34. The molecule has 0 aliphatic carbocycles. The topological polar surface area (TPSA) is 21.6 Å². The fraction of sp³-hybridized carbons (Fsp3) is 0.800. The van der Waals surface area contributed by atoms with E-state index in [0.717, 1.165) is 0 Å².